The minimum atomic E-state index is -0.293. The largest absolute Gasteiger partial charge is 0.497 e. The van der Waals surface area contributed by atoms with E-state index in [1.165, 1.54) is 30.2 Å². The van der Waals surface area contributed by atoms with Crippen LogP contribution in [0.4, 0.5) is 0 Å². The summed E-state index contributed by atoms with van der Waals surface area (Å²) in [4.78, 5) is 5.76. The maximum atomic E-state index is 6.63. The highest BCUT2D eigenvalue weighted by molar-refractivity contribution is 5.84. The highest BCUT2D eigenvalue weighted by atomic mass is 16.5. The van der Waals surface area contributed by atoms with Crippen LogP contribution >= 0.6 is 0 Å². The number of fused-ring (bicyclic) bond motifs is 1. The number of likely N-dealkylation sites (tertiary alicyclic amines) is 1. The lowest BCUT2D eigenvalue weighted by Gasteiger charge is -2.40. The molecule has 0 aliphatic carbocycles. The Morgan fingerprint density at radius 1 is 1.29 bits per heavy atom. The van der Waals surface area contributed by atoms with Gasteiger partial charge in [0.15, 0.2) is 0 Å². The molecule has 1 aromatic carbocycles. The van der Waals surface area contributed by atoms with Crippen molar-refractivity contribution in [1.29, 1.82) is 0 Å². The first-order valence-corrected chi connectivity index (χ1v) is 7.78. The van der Waals surface area contributed by atoms with E-state index in [2.05, 4.69) is 35.1 Å². The van der Waals surface area contributed by atoms with Crippen molar-refractivity contribution in [3.8, 4) is 5.75 Å². The van der Waals surface area contributed by atoms with Crippen LogP contribution in [0.5, 0.6) is 5.75 Å². The molecule has 2 aromatic rings. The van der Waals surface area contributed by atoms with Gasteiger partial charge in [0, 0.05) is 23.5 Å². The predicted octanol–water partition coefficient (Wildman–Crippen LogP) is 2.88. The molecule has 2 heterocycles. The number of H-pyrrole nitrogens is 1. The average Bonchev–Trinajstić information content (AvgIpc) is 2.90. The summed E-state index contributed by atoms with van der Waals surface area (Å²) >= 11 is 0. The van der Waals surface area contributed by atoms with E-state index in [0.29, 0.717) is 0 Å². The quantitative estimate of drug-likeness (QED) is 0.909. The van der Waals surface area contributed by atoms with Crippen LogP contribution < -0.4 is 10.5 Å². The summed E-state index contributed by atoms with van der Waals surface area (Å²) in [5, 5.41) is 1.21. The molecule has 0 radical (unpaired) electrons. The summed E-state index contributed by atoms with van der Waals surface area (Å²) in [6.45, 7) is 4.37. The summed E-state index contributed by atoms with van der Waals surface area (Å²) in [5.41, 5.74) is 8.73. The third-order valence-electron chi connectivity index (χ3n) is 4.60. The molecule has 1 atom stereocenters. The van der Waals surface area contributed by atoms with E-state index in [1.54, 1.807) is 7.11 Å². The van der Waals surface area contributed by atoms with E-state index >= 15 is 0 Å². The van der Waals surface area contributed by atoms with Crippen molar-refractivity contribution in [2.24, 2.45) is 5.73 Å². The number of aromatic amines is 1. The van der Waals surface area contributed by atoms with Gasteiger partial charge in [0.1, 0.15) is 5.75 Å². The molecule has 0 bridgehead atoms. The second-order valence-electron chi connectivity index (χ2n) is 6.31. The van der Waals surface area contributed by atoms with Gasteiger partial charge < -0.3 is 15.5 Å². The smallest absolute Gasteiger partial charge is 0.119 e. The molecule has 1 aliphatic heterocycles. The molecule has 4 nitrogen and oxygen atoms in total. The Morgan fingerprint density at radius 3 is 2.76 bits per heavy atom. The summed E-state index contributed by atoms with van der Waals surface area (Å²) < 4.78 is 5.34. The summed E-state index contributed by atoms with van der Waals surface area (Å²) in [6.07, 6.45) is 6.78. The third kappa shape index (κ3) is 2.92. The average molecular weight is 287 g/mol. The fourth-order valence-electron chi connectivity index (χ4n) is 3.33. The van der Waals surface area contributed by atoms with Gasteiger partial charge in [-0.05, 0) is 56.6 Å². The van der Waals surface area contributed by atoms with Crippen molar-refractivity contribution in [3.63, 3.8) is 0 Å². The number of piperidine rings is 1. The molecule has 0 spiro atoms. The molecule has 3 N–H and O–H groups in total. The summed E-state index contributed by atoms with van der Waals surface area (Å²) in [7, 11) is 1.70. The van der Waals surface area contributed by atoms with Crippen molar-refractivity contribution >= 4 is 10.9 Å². The van der Waals surface area contributed by atoms with Gasteiger partial charge in [0.2, 0.25) is 0 Å². The zero-order valence-electron chi connectivity index (χ0n) is 13.0. The molecular weight excluding hydrogens is 262 g/mol. The van der Waals surface area contributed by atoms with E-state index in [0.717, 1.165) is 30.8 Å². The van der Waals surface area contributed by atoms with Crippen LogP contribution in [0.25, 0.3) is 10.9 Å². The van der Waals surface area contributed by atoms with Crippen molar-refractivity contribution < 1.29 is 4.74 Å². The molecule has 1 unspecified atom stereocenters. The maximum Gasteiger partial charge on any atom is 0.119 e. The van der Waals surface area contributed by atoms with E-state index in [9.17, 15) is 0 Å². The standard InChI is InChI=1S/C17H25N3O/c1-17(18,20-8-4-3-5-9-20)11-13-12-19-16-7-6-14(21-2)10-15(13)16/h6-7,10,12,19H,3-5,8-9,11,18H2,1-2H3. The Labute approximate surface area is 126 Å². The number of nitrogens with zero attached hydrogens (tertiary/aromatic N) is 1. The topological polar surface area (TPSA) is 54.3 Å². The van der Waals surface area contributed by atoms with Gasteiger partial charge >= 0.3 is 0 Å². The second-order valence-corrected chi connectivity index (χ2v) is 6.31. The van der Waals surface area contributed by atoms with Crippen LogP contribution in [0, 0.1) is 0 Å². The fourth-order valence-corrected chi connectivity index (χ4v) is 3.33. The predicted molar refractivity (Wildman–Crippen MR) is 86.6 cm³/mol. The number of nitrogens with one attached hydrogen (secondary N) is 1. The minimum Gasteiger partial charge on any atom is -0.497 e. The van der Waals surface area contributed by atoms with Crippen LogP contribution in [0.3, 0.4) is 0 Å². The monoisotopic (exact) mass is 287 g/mol. The first-order valence-electron chi connectivity index (χ1n) is 7.78. The number of nitrogens with two attached hydrogens (primary N) is 1. The highest BCUT2D eigenvalue weighted by Crippen LogP contribution is 2.28. The molecule has 21 heavy (non-hydrogen) atoms. The van der Waals surface area contributed by atoms with E-state index in [4.69, 9.17) is 10.5 Å². The van der Waals surface area contributed by atoms with Crippen LogP contribution in [0.1, 0.15) is 31.7 Å². The number of rotatable bonds is 4. The van der Waals surface area contributed by atoms with Gasteiger partial charge in [-0.1, -0.05) is 6.42 Å². The van der Waals surface area contributed by atoms with Gasteiger partial charge in [-0.15, -0.1) is 0 Å². The third-order valence-corrected chi connectivity index (χ3v) is 4.60. The molecule has 1 saturated heterocycles. The highest BCUT2D eigenvalue weighted by Gasteiger charge is 2.29. The summed E-state index contributed by atoms with van der Waals surface area (Å²) in [6, 6.07) is 6.13. The Morgan fingerprint density at radius 2 is 2.05 bits per heavy atom. The lowest BCUT2D eigenvalue weighted by molar-refractivity contribution is 0.0859. The van der Waals surface area contributed by atoms with E-state index < -0.39 is 0 Å². The second kappa shape index (κ2) is 5.70. The molecule has 114 valence electrons. The molecule has 1 aliphatic rings. The van der Waals surface area contributed by atoms with Crippen molar-refractivity contribution in [2.75, 3.05) is 20.2 Å². The van der Waals surface area contributed by atoms with Crippen LogP contribution in [0.2, 0.25) is 0 Å². The number of ether oxygens (including phenoxy) is 1. The minimum absolute atomic E-state index is 0.293. The van der Waals surface area contributed by atoms with Crippen LogP contribution in [-0.4, -0.2) is 35.7 Å². The first kappa shape index (κ1) is 14.4. The number of benzene rings is 1. The number of hydrogen-bond acceptors (Lipinski definition) is 3. The SMILES string of the molecule is COc1ccc2[nH]cc(CC(C)(N)N3CCCCC3)c2c1. The Bertz CT molecular complexity index is 612. The van der Waals surface area contributed by atoms with Gasteiger partial charge in [0.05, 0.1) is 12.8 Å². The fraction of sp³-hybridized carbons (Fsp3) is 0.529. The van der Waals surface area contributed by atoms with Crippen molar-refractivity contribution in [3.05, 3.63) is 30.0 Å². The Balaban J connectivity index is 1.86. The van der Waals surface area contributed by atoms with Crippen LogP contribution in [-0.2, 0) is 6.42 Å². The molecule has 4 heteroatoms. The van der Waals surface area contributed by atoms with Gasteiger partial charge in [-0.3, -0.25) is 4.90 Å². The lowest BCUT2D eigenvalue weighted by Crippen LogP contribution is -2.56. The van der Waals surface area contributed by atoms with Crippen molar-refractivity contribution in [1.82, 2.24) is 9.88 Å². The van der Waals surface area contributed by atoms with Gasteiger partial charge in [0.25, 0.3) is 0 Å². The number of aromatic nitrogens is 1. The van der Waals surface area contributed by atoms with E-state index in [-0.39, 0.29) is 5.66 Å². The molecule has 0 saturated carbocycles. The maximum absolute atomic E-state index is 6.63. The van der Waals surface area contributed by atoms with Crippen molar-refractivity contribution in [2.45, 2.75) is 38.3 Å². The van der Waals surface area contributed by atoms with Crippen LogP contribution in [0.15, 0.2) is 24.4 Å². The zero-order chi connectivity index (χ0) is 14.9. The lowest BCUT2D eigenvalue weighted by atomic mass is 9.97. The molecule has 1 fully saturated rings. The molecular formula is C17H25N3O. The van der Waals surface area contributed by atoms with E-state index in [1.807, 2.05) is 6.07 Å². The summed E-state index contributed by atoms with van der Waals surface area (Å²) in [5.74, 6) is 0.889. The first-order chi connectivity index (χ1) is 10.1. The molecule has 1 aromatic heterocycles. The normalized spacial score (nSPS) is 19.6. The number of hydrogen-bond donors (Lipinski definition) is 2. The number of methoxy groups -OCH3 is 1. The molecule has 3 rings (SSSR count). The molecule has 0 amide bonds. The Kier molecular flexibility index (Phi) is 3.91. The van der Waals surface area contributed by atoms with Gasteiger partial charge in [-0.2, -0.15) is 0 Å². The Hall–Kier alpha value is -1.52. The van der Waals surface area contributed by atoms with Gasteiger partial charge in [-0.25, -0.2) is 0 Å². The zero-order valence-corrected chi connectivity index (χ0v) is 13.0.